The van der Waals surface area contributed by atoms with Gasteiger partial charge < -0.3 is 14.7 Å². The molecule has 2 aromatic carbocycles. The summed E-state index contributed by atoms with van der Waals surface area (Å²) < 4.78 is 20.1. The number of rotatable bonds is 10. The van der Waals surface area contributed by atoms with Gasteiger partial charge in [-0.1, -0.05) is 30.3 Å². The topological polar surface area (TPSA) is 53.0 Å². The molecule has 2 heterocycles. The smallest absolute Gasteiger partial charge is 0.254 e. The zero-order valence-corrected chi connectivity index (χ0v) is 20.9. The van der Waals surface area contributed by atoms with Gasteiger partial charge in [-0.05, 0) is 79.0 Å². The van der Waals surface area contributed by atoms with E-state index in [1.807, 2.05) is 59.1 Å². The Morgan fingerprint density at radius 2 is 2.00 bits per heavy atom. The molecule has 1 aliphatic rings. The van der Waals surface area contributed by atoms with E-state index in [4.69, 9.17) is 9.84 Å². The third kappa shape index (κ3) is 6.69. The van der Waals surface area contributed by atoms with Crippen LogP contribution in [0.3, 0.4) is 0 Å². The Kier molecular flexibility index (Phi) is 8.90. The number of piperidine rings is 1. The van der Waals surface area contributed by atoms with Gasteiger partial charge in [-0.3, -0.25) is 9.69 Å². The molecule has 1 amide bonds. The Labute approximate surface area is 210 Å². The molecular weight excluding hydrogens is 463 g/mol. The van der Waals surface area contributed by atoms with E-state index in [9.17, 15) is 9.18 Å². The largest absolute Gasteiger partial charge is 0.491 e. The Morgan fingerprint density at radius 3 is 2.71 bits per heavy atom. The molecule has 0 saturated carbocycles. The second kappa shape index (κ2) is 12.3. The summed E-state index contributed by atoms with van der Waals surface area (Å²) in [5, 5.41) is 12.8. The van der Waals surface area contributed by atoms with Crippen LogP contribution < -0.4 is 4.74 Å². The summed E-state index contributed by atoms with van der Waals surface area (Å²) in [7, 11) is 1.86. The molecule has 0 unspecified atom stereocenters. The van der Waals surface area contributed by atoms with Crippen molar-refractivity contribution < 1.29 is 19.0 Å². The summed E-state index contributed by atoms with van der Waals surface area (Å²) in [5.74, 6) is 0.840. The molecule has 186 valence electrons. The maximum absolute atomic E-state index is 14.5. The van der Waals surface area contributed by atoms with Crippen LogP contribution in [-0.2, 0) is 13.0 Å². The standard InChI is InChI=1S/C28H33FN2O3S/c1-30(28(33)24-11-16-35-20-24)27(18-23-6-2-3-8-26(23)29)22-9-12-31(13-10-22)19-21-5-4-7-25(17-21)34-15-14-32/h2-8,11,16-17,20,22,27,32H,9-10,12-15,18-19H2,1H3/t27-/m0/s1. The van der Waals surface area contributed by atoms with E-state index in [-0.39, 0.29) is 36.9 Å². The minimum atomic E-state index is -0.213. The van der Waals surface area contributed by atoms with E-state index in [0.717, 1.165) is 38.2 Å². The van der Waals surface area contributed by atoms with Crippen molar-refractivity contribution in [1.82, 2.24) is 9.80 Å². The molecule has 1 N–H and O–H groups in total. The molecule has 1 aliphatic heterocycles. The second-order valence-electron chi connectivity index (χ2n) is 9.12. The van der Waals surface area contributed by atoms with Crippen molar-refractivity contribution in [2.24, 2.45) is 5.92 Å². The number of amides is 1. The first-order valence-corrected chi connectivity index (χ1v) is 13.1. The molecule has 35 heavy (non-hydrogen) atoms. The number of hydrogen-bond donors (Lipinski definition) is 1. The first kappa shape index (κ1) is 25.4. The SMILES string of the molecule is CN(C(=O)c1ccsc1)[C@@H](Cc1ccccc1F)C1CCN(Cc2cccc(OCCO)c2)CC1. The number of nitrogens with zero attached hydrogens (tertiary/aromatic N) is 2. The summed E-state index contributed by atoms with van der Waals surface area (Å²) in [6, 6.07) is 16.7. The van der Waals surface area contributed by atoms with Gasteiger partial charge in [-0.25, -0.2) is 4.39 Å². The van der Waals surface area contributed by atoms with Crippen LogP contribution in [0, 0.1) is 11.7 Å². The number of carbonyl (C=O) groups is 1. The highest BCUT2D eigenvalue weighted by atomic mass is 32.1. The molecule has 1 aromatic heterocycles. The number of hydrogen-bond acceptors (Lipinski definition) is 5. The van der Waals surface area contributed by atoms with Gasteiger partial charge in [0.05, 0.1) is 12.2 Å². The lowest BCUT2D eigenvalue weighted by atomic mass is 9.84. The fraction of sp³-hybridized carbons (Fsp3) is 0.393. The van der Waals surface area contributed by atoms with E-state index < -0.39 is 0 Å². The van der Waals surface area contributed by atoms with Crippen LogP contribution in [0.15, 0.2) is 65.4 Å². The van der Waals surface area contributed by atoms with Gasteiger partial charge in [0.15, 0.2) is 0 Å². The molecule has 1 saturated heterocycles. The van der Waals surface area contributed by atoms with Crippen molar-refractivity contribution in [3.63, 3.8) is 0 Å². The van der Waals surface area contributed by atoms with Crippen molar-refractivity contribution in [2.45, 2.75) is 31.8 Å². The van der Waals surface area contributed by atoms with Crippen molar-refractivity contribution in [3.05, 3.63) is 87.9 Å². The minimum absolute atomic E-state index is 0.00481. The number of benzene rings is 2. The normalized spacial score (nSPS) is 15.6. The molecule has 0 bridgehead atoms. The highest BCUT2D eigenvalue weighted by Gasteiger charge is 2.32. The highest BCUT2D eigenvalue weighted by molar-refractivity contribution is 7.08. The molecular formula is C28H33FN2O3S. The zero-order valence-electron chi connectivity index (χ0n) is 20.1. The lowest BCUT2D eigenvalue weighted by Gasteiger charge is -2.40. The number of ether oxygens (including phenoxy) is 1. The molecule has 0 spiro atoms. The third-order valence-corrected chi connectivity index (χ3v) is 7.50. The average Bonchev–Trinajstić information content (AvgIpc) is 3.42. The van der Waals surface area contributed by atoms with Crippen LogP contribution in [0.1, 0.15) is 34.3 Å². The van der Waals surface area contributed by atoms with Gasteiger partial charge in [-0.2, -0.15) is 11.3 Å². The van der Waals surface area contributed by atoms with E-state index in [2.05, 4.69) is 11.0 Å². The van der Waals surface area contributed by atoms with Gasteiger partial charge in [-0.15, -0.1) is 0 Å². The average molecular weight is 497 g/mol. The van der Waals surface area contributed by atoms with Crippen LogP contribution in [0.2, 0.25) is 0 Å². The number of likely N-dealkylation sites (tertiary alicyclic amines) is 1. The quantitative estimate of drug-likeness (QED) is 0.436. The van der Waals surface area contributed by atoms with Crippen molar-refractivity contribution in [1.29, 1.82) is 0 Å². The molecule has 1 fully saturated rings. The van der Waals surface area contributed by atoms with Gasteiger partial charge >= 0.3 is 0 Å². The number of thiophene rings is 1. The summed E-state index contributed by atoms with van der Waals surface area (Å²) in [4.78, 5) is 17.4. The van der Waals surface area contributed by atoms with E-state index in [1.165, 1.54) is 23.0 Å². The lowest BCUT2D eigenvalue weighted by molar-refractivity contribution is 0.0584. The van der Waals surface area contributed by atoms with Gasteiger partial charge in [0.25, 0.3) is 5.91 Å². The first-order valence-electron chi connectivity index (χ1n) is 12.1. The molecule has 1 atom stereocenters. The van der Waals surface area contributed by atoms with Crippen LogP contribution in [0.5, 0.6) is 5.75 Å². The monoisotopic (exact) mass is 496 g/mol. The van der Waals surface area contributed by atoms with Gasteiger partial charge in [0, 0.05) is 25.0 Å². The van der Waals surface area contributed by atoms with Crippen LogP contribution in [0.4, 0.5) is 4.39 Å². The third-order valence-electron chi connectivity index (χ3n) is 6.81. The summed E-state index contributed by atoms with van der Waals surface area (Å²) in [6.45, 7) is 2.94. The van der Waals surface area contributed by atoms with Crippen LogP contribution in [-0.4, -0.2) is 60.2 Å². The predicted octanol–water partition coefficient (Wildman–Crippen LogP) is 4.85. The second-order valence-corrected chi connectivity index (χ2v) is 9.90. The molecule has 5 nitrogen and oxygen atoms in total. The summed E-state index contributed by atoms with van der Waals surface area (Å²) in [5.41, 5.74) is 2.52. The summed E-state index contributed by atoms with van der Waals surface area (Å²) in [6.07, 6.45) is 2.40. The number of carbonyl (C=O) groups excluding carboxylic acids is 1. The summed E-state index contributed by atoms with van der Waals surface area (Å²) >= 11 is 1.51. The van der Waals surface area contributed by atoms with Gasteiger partial charge in [0.2, 0.25) is 0 Å². The Morgan fingerprint density at radius 1 is 1.20 bits per heavy atom. The Balaban J connectivity index is 1.43. The number of aliphatic hydroxyl groups is 1. The molecule has 0 radical (unpaired) electrons. The molecule has 3 aromatic rings. The van der Waals surface area contributed by atoms with Crippen LogP contribution in [0.25, 0.3) is 0 Å². The van der Waals surface area contributed by atoms with Crippen molar-refractivity contribution in [2.75, 3.05) is 33.4 Å². The fourth-order valence-electron chi connectivity index (χ4n) is 4.90. The minimum Gasteiger partial charge on any atom is -0.491 e. The first-order chi connectivity index (χ1) is 17.0. The Hall–Kier alpha value is -2.74. The number of likely N-dealkylation sites (N-methyl/N-ethyl adjacent to an activating group) is 1. The van der Waals surface area contributed by atoms with Crippen molar-refractivity contribution >= 4 is 17.2 Å². The van der Waals surface area contributed by atoms with E-state index in [0.29, 0.717) is 17.5 Å². The molecule has 0 aliphatic carbocycles. The van der Waals surface area contributed by atoms with E-state index in [1.54, 1.807) is 6.07 Å². The number of halogens is 1. The van der Waals surface area contributed by atoms with Crippen LogP contribution >= 0.6 is 11.3 Å². The predicted molar refractivity (Wildman–Crippen MR) is 137 cm³/mol. The highest BCUT2D eigenvalue weighted by Crippen LogP contribution is 2.29. The molecule has 4 rings (SSSR count). The maximum atomic E-state index is 14.5. The number of aliphatic hydroxyl groups excluding tert-OH is 1. The van der Waals surface area contributed by atoms with Gasteiger partial charge in [0.1, 0.15) is 18.2 Å². The Bertz CT molecular complexity index is 1080. The zero-order chi connectivity index (χ0) is 24.6. The maximum Gasteiger partial charge on any atom is 0.254 e. The molecule has 7 heteroatoms. The van der Waals surface area contributed by atoms with Crippen molar-refractivity contribution in [3.8, 4) is 5.75 Å². The lowest BCUT2D eigenvalue weighted by Crippen LogP contribution is -2.47. The van der Waals surface area contributed by atoms with E-state index >= 15 is 0 Å². The fourth-order valence-corrected chi connectivity index (χ4v) is 5.53.